The summed E-state index contributed by atoms with van der Waals surface area (Å²) in [6.45, 7) is -0.00348. The average Bonchev–Trinajstić information content (AvgIpc) is 3.20. The van der Waals surface area contributed by atoms with E-state index in [-0.39, 0.29) is 27.8 Å². The summed E-state index contributed by atoms with van der Waals surface area (Å²) < 4.78 is 21.8. The summed E-state index contributed by atoms with van der Waals surface area (Å²) in [5.41, 5.74) is 0.0719. The van der Waals surface area contributed by atoms with Crippen molar-refractivity contribution in [2.45, 2.75) is 6.54 Å². The Kier molecular flexibility index (Phi) is 4.55. The molecule has 6 nitrogen and oxygen atoms in total. The number of carbonyl (C=O) groups is 1. The number of hydrogen-bond donors (Lipinski definition) is 0. The van der Waals surface area contributed by atoms with Gasteiger partial charge >= 0.3 is 5.97 Å². The van der Waals surface area contributed by atoms with Crippen molar-refractivity contribution in [2.75, 3.05) is 7.11 Å². The van der Waals surface area contributed by atoms with Gasteiger partial charge in [-0.3, -0.25) is 0 Å². The summed E-state index contributed by atoms with van der Waals surface area (Å²) in [5.74, 6) is -1.11. The summed E-state index contributed by atoms with van der Waals surface area (Å²) in [6, 6.07) is 6.14. The molecule has 0 aliphatic carbocycles. The Morgan fingerprint density at radius 1 is 1.33 bits per heavy atom. The van der Waals surface area contributed by atoms with Crippen molar-refractivity contribution in [3.05, 3.63) is 63.8 Å². The molecule has 0 saturated carbocycles. The number of ether oxygens (including phenoxy) is 1. The van der Waals surface area contributed by atoms with Gasteiger partial charge in [-0.2, -0.15) is 5.10 Å². The van der Waals surface area contributed by atoms with E-state index < -0.39 is 11.8 Å². The van der Waals surface area contributed by atoms with Gasteiger partial charge in [0.25, 0.3) is 0 Å². The van der Waals surface area contributed by atoms with E-state index in [9.17, 15) is 9.18 Å². The summed E-state index contributed by atoms with van der Waals surface area (Å²) in [6.07, 6.45) is 3.23. The van der Waals surface area contributed by atoms with E-state index in [1.54, 1.807) is 24.5 Å². The van der Waals surface area contributed by atoms with Crippen LogP contribution in [0.3, 0.4) is 0 Å². The monoisotopic (exact) mass is 368 g/mol. The Morgan fingerprint density at radius 3 is 2.79 bits per heavy atom. The minimum atomic E-state index is -0.754. The van der Waals surface area contributed by atoms with Crippen LogP contribution in [0.1, 0.15) is 15.9 Å². The van der Waals surface area contributed by atoms with Crippen molar-refractivity contribution in [1.82, 2.24) is 19.6 Å². The first kappa shape index (κ1) is 16.5. The highest BCUT2D eigenvalue weighted by atomic mass is 35.5. The van der Waals surface area contributed by atoms with E-state index in [1.165, 1.54) is 28.6 Å². The fraction of sp³-hybridized carbons (Fsp3) is 0.133. The topological polar surface area (TPSA) is 61.9 Å². The second kappa shape index (κ2) is 6.62. The molecule has 0 spiro atoms. The van der Waals surface area contributed by atoms with E-state index in [1.807, 2.05) is 0 Å². The number of hydrogen-bond acceptors (Lipinski definition) is 4. The van der Waals surface area contributed by atoms with Crippen LogP contribution >= 0.6 is 23.2 Å². The molecule has 0 aliphatic rings. The lowest BCUT2D eigenvalue weighted by Gasteiger charge is -2.08. The minimum absolute atomic E-state index is 0.00348. The Labute approximate surface area is 146 Å². The molecule has 3 aromatic rings. The molecule has 0 fully saturated rings. The molecule has 0 N–H and O–H groups in total. The molecule has 0 amide bonds. The SMILES string of the molecule is COC(=O)c1cccc(Cn2nc(-n3cccn3)c(Cl)c2Cl)c1F. The number of esters is 1. The van der Waals surface area contributed by atoms with E-state index in [0.717, 1.165) is 0 Å². The maximum atomic E-state index is 14.5. The quantitative estimate of drug-likeness (QED) is 0.662. The summed E-state index contributed by atoms with van der Waals surface area (Å²) >= 11 is 12.3. The van der Waals surface area contributed by atoms with Gasteiger partial charge in [0.1, 0.15) is 16.0 Å². The van der Waals surface area contributed by atoms with Crippen LogP contribution in [0.2, 0.25) is 10.2 Å². The number of aromatic nitrogens is 4. The smallest absolute Gasteiger partial charge is 0.340 e. The second-order valence-electron chi connectivity index (χ2n) is 4.81. The lowest BCUT2D eigenvalue weighted by molar-refractivity contribution is 0.0595. The van der Waals surface area contributed by atoms with Crippen molar-refractivity contribution >= 4 is 29.2 Å². The predicted octanol–water partition coefficient (Wildman–Crippen LogP) is 3.35. The first-order chi connectivity index (χ1) is 11.5. The number of carbonyl (C=O) groups excluding carboxylic acids is 1. The highest BCUT2D eigenvalue weighted by Crippen LogP contribution is 2.29. The van der Waals surface area contributed by atoms with E-state index >= 15 is 0 Å². The van der Waals surface area contributed by atoms with Crippen LogP contribution < -0.4 is 0 Å². The van der Waals surface area contributed by atoms with Gasteiger partial charge in [0.15, 0.2) is 5.82 Å². The molecule has 9 heteroatoms. The number of benzene rings is 1. The second-order valence-corrected chi connectivity index (χ2v) is 5.54. The first-order valence-corrected chi connectivity index (χ1v) is 7.56. The van der Waals surface area contributed by atoms with Gasteiger partial charge in [0, 0.05) is 18.0 Å². The fourth-order valence-electron chi connectivity index (χ4n) is 2.18. The largest absolute Gasteiger partial charge is 0.465 e. The maximum absolute atomic E-state index is 14.5. The van der Waals surface area contributed by atoms with E-state index in [2.05, 4.69) is 14.9 Å². The third kappa shape index (κ3) is 2.88. The summed E-state index contributed by atoms with van der Waals surface area (Å²) in [7, 11) is 1.19. The molecule has 124 valence electrons. The Hall–Kier alpha value is -2.38. The molecule has 0 bridgehead atoms. The number of halogens is 3. The molecular formula is C15H11Cl2FN4O2. The standard InChI is InChI=1S/C15H11Cl2FN4O2/c1-24-15(23)10-5-2-4-9(12(10)18)8-22-13(17)11(16)14(20-22)21-7-3-6-19-21/h2-7H,8H2,1H3. The zero-order valence-electron chi connectivity index (χ0n) is 12.4. The molecule has 0 atom stereocenters. The van der Waals surface area contributed by atoms with Gasteiger partial charge in [-0.25, -0.2) is 18.5 Å². The van der Waals surface area contributed by atoms with Crippen molar-refractivity contribution < 1.29 is 13.9 Å². The van der Waals surface area contributed by atoms with Crippen LogP contribution in [0.25, 0.3) is 5.82 Å². The maximum Gasteiger partial charge on any atom is 0.340 e. The molecule has 2 aromatic heterocycles. The van der Waals surface area contributed by atoms with Crippen molar-refractivity contribution in [3.63, 3.8) is 0 Å². The molecule has 0 radical (unpaired) electrons. The van der Waals surface area contributed by atoms with Gasteiger partial charge < -0.3 is 4.74 Å². The highest BCUT2D eigenvalue weighted by Gasteiger charge is 2.20. The van der Waals surface area contributed by atoms with Gasteiger partial charge in [0.05, 0.1) is 19.2 Å². The lowest BCUT2D eigenvalue weighted by Crippen LogP contribution is -2.10. The van der Waals surface area contributed by atoms with E-state index in [4.69, 9.17) is 23.2 Å². The fourth-order valence-corrected chi connectivity index (χ4v) is 2.59. The van der Waals surface area contributed by atoms with Crippen LogP contribution in [0.4, 0.5) is 4.39 Å². The minimum Gasteiger partial charge on any atom is -0.465 e. The van der Waals surface area contributed by atoms with Crippen LogP contribution in [-0.4, -0.2) is 32.6 Å². The molecule has 0 aliphatic heterocycles. The van der Waals surface area contributed by atoms with Crippen LogP contribution in [0.15, 0.2) is 36.7 Å². The predicted molar refractivity (Wildman–Crippen MR) is 86.2 cm³/mol. The van der Waals surface area contributed by atoms with Crippen LogP contribution in [0.5, 0.6) is 0 Å². The third-order valence-electron chi connectivity index (χ3n) is 3.35. The van der Waals surface area contributed by atoms with Gasteiger partial charge in [0.2, 0.25) is 0 Å². The number of nitrogens with zero attached hydrogens (tertiary/aromatic N) is 4. The van der Waals surface area contributed by atoms with Gasteiger partial charge in [-0.1, -0.05) is 35.3 Å². The van der Waals surface area contributed by atoms with Crippen LogP contribution in [0, 0.1) is 5.82 Å². The van der Waals surface area contributed by atoms with Crippen molar-refractivity contribution in [3.8, 4) is 5.82 Å². The zero-order valence-corrected chi connectivity index (χ0v) is 13.9. The molecule has 0 unspecified atom stereocenters. The normalized spacial score (nSPS) is 10.8. The Balaban J connectivity index is 1.98. The summed E-state index contributed by atoms with van der Waals surface area (Å²) in [4.78, 5) is 11.6. The first-order valence-electron chi connectivity index (χ1n) is 6.80. The molecule has 3 rings (SSSR count). The molecule has 24 heavy (non-hydrogen) atoms. The lowest BCUT2D eigenvalue weighted by atomic mass is 10.1. The molecular weight excluding hydrogens is 358 g/mol. The molecule has 0 saturated heterocycles. The Bertz CT molecular complexity index is 893. The average molecular weight is 369 g/mol. The molecule has 2 heterocycles. The number of methoxy groups -OCH3 is 1. The van der Waals surface area contributed by atoms with Crippen LogP contribution in [-0.2, 0) is 11.3 Å². The molecule has 1 aromatic carbocycles. The Morgan fingerprint density at radius 2 is 2.12 bits per heavy atom. The summed E-state index contributed by atoms with van der Waals surface area (Å²) in [5, 5.41) is 8.63. The van der Waals surface area contributed by atoms with E-state index in [0.29, 0.717) is 5.82 Å². The van der Waals surface area contributed by atoms with Crippen molar-refractivity contribution in [1.29, 1.82) is 0 Å². The van der Waals surface area contributed by atoms with Gasteiger partial charge in [-0.05, 0) is 12.1 Å². The number of rotatable bonds is 4. The van der Waals surface area contributed by atoms with Crippen molar-refractivity contribution in [2.24, 2.45) is 0 Å². The highest BCUT2D eigenvalue weighted by molar-refractivity contribution is 6.42. The third-order valence-corrected chi connectivity index (χ3v) is 4.17. The van der Waals surface area contributed by atoms with Gasteiger partial charge in [-0.15, -0.1) is 5.10 Å². The zero-order chi connectivity index (χ0) is 17.3.